The molecule has 3 aromatic rings. The van der Waals surface area contributed by atoms with Gasteiger partial charge in [0, 0.05) is 17.0 Å². The normalized spacial score (nSPS) is 11.0. The number of hydrogen-bond acceptors (Lipinski definition) is 4. The van der Waals surface area contributed by atoms with Crippen molar-refractivity contribution < 1.29 is 9.21 Å². The summed E-state index contributed by atoms with van der Waals surface area (Å²) < 4.78 is 5.14. The maximum absolute atomic E-state index is 11.9. The van der Waals surface area contributed by atoms with Gasteiger partial charge < -0.3 is 4.42 Å². The van der Waals surface area contributed by atoms with E-state index in [0.717, 1.165) is 17.7 Å². The number of anilines is 1. The summed E-state index contributed by atoms with van der Waals surface area (Å²) >= 11 is 1.41. The van der Waals surface area contributed by atoms with Crippen LogP contribution in [0.25, 0.3) is 17.3 Å². The smallest absolute Gasteiger partial charge is 0.250 e. The molecule has 2 aromatic heterocycles. The number of nitrogens with zero attached hydrogens (tertiary/aromatic N) is 1. The molecule has 0 aliphatic carbocycles. The molecule has 1 aromatic carbocycles. The monoisotopic (exact) mass is 324 g/mol. The molecule has 23 heavy (non-hydrogen) atoms. The van der Waals surface area contributed by atoms with E-state index >= 15 is 0 Å². The summed E-state index contributed by atoms with van der Waals surface area (Å²) in [6.07, 6.45) is 5.62. The van der Waals surface area contributed by atoms with Crippen LogP contribution in [-0.2, 0) is 11.2 Å². The van der Waals surface area contributed by atoms with Crippen LogP contribution >= 0.6 is 11.3 Å². The predicted octanol–water partition coefficient (Wildman–Crippen LogP) is 4.62. The molecule has 2 heterocycles. The third kappa shape index (κ3) is 3.96. The Morgan fingerprint density at radius 1 is 1.30 bits per heavy atom. The summed E-state index contributed by atoms with van der Waals surface area (Å²) in [5, 5.41) is 5.27. The van der Waals surface area contributed by atoms with Crippen molar-refractivity contribution in [2.24, 2.45) is 0 Å². The summed E-state index contributed by atoms with van der Waals surface area (Å²) in [6, 6.07) is 11.9. The Morgan fingerprint density at radius 3 is 2.83 bits per heavy atom. The number of aromatic nitrogens is 1. The van der Waals surface area contributed by atoms with Gasteiger partial charge in [-0.05, 0) is 30.2 Å². The van der Waals surface area contributed by atoms with Crippen molar-refractivity contribution >= 4 is 28.5 Å². The lowest BCUT2D eigenvalue weighted by Crippen LogP contribution is -2.07. The highest BCUT2D eigenvalue weighted by Gasteiger charge is 2.06. The van der Waals surface area contributed by atoms with Gasteiger partial charge in [-0.25, -0.2) is 4.98 Å². The number of hydrogen-bond donors (Lipinski definition) is 1. The van der Waals surface area contributed by atoms with Crippen molar-refractivity contribution in [3.8, 4) is 11.3 Å². The van der Waals surface area contributed by atoms with Crippen LogP contribution in [0.4, 0.5) is 5.13 Å². The molecule has 0 aliphatic rings. The highest BCUT2D eigenvalue weighted by molar-refractivity contribution is 7.14. The number of furan rings is 1. The fraction of sp³-hybridized carbons (Fsp3) is 0.111. The van der Waals surface area contributed by atoms with Crippen molar-refractivity contribution in [3.63, 3.8) is 0 Å². The van der Waals surface area contributed by atoms with Crippen molar-refractivity contribution in [3.05, 3.63) is 65.4 Å². The minimum absolute atomic E-state index is 0.233. The minimum Gasteiger partial charge on any atom is -0.465 e. The quantitative estimate of drug-likeness (QED) is 0.697. The van der Waals surface area contributed by atoms with Crippen LogP contribution in [0.2, 0.25) is 0 Å². The van der Waals surface area contributed by atoms with E-state index < -0.39 is 0 Å². The highest BCUT2D eigenvalue weighted by atomic mass is 32.1. The van der Waals surface area contributed by atoms with Crippen molar-refractivity contribution in [2.75, 3.05) is 5.32 Å². The van der Waals surface area contributed by atoms with Gasteiger partial charge in [-0.3, -0.25) is 10.1 Å². The van der Waals surface area contributed by atoms with E-state index in [9.17, 15) is 4.79 Å². The second-order valence-corrected chi connectivity index (χ2v) is 5.78. The fourth-order valence-electron chi connectivity index (χ4n) is 2.07. The molecule has 0 unspecified atom stereocenters. The Kier molecular flexibility index (Phi) is 4.68. The second kappa shape index (κ2) is 7.07. The first-order valence-corrected chi connectivity index (χ1v) is 8.20. The second-order valence-electron chi connectivity index (χ2n) is 4.93. The number of benzene rings is 1. The molecule has 0 atom stereocenters. The first-order valence-electron chi connectivity index (χ1n) is 7.32. The first kappa shape index (κ1) is 15.2. The molecule has 0 fully saturated rings. The third-order valence-electron chi connectivity index (χ3n) is 3.33. The number of carbonyl (C=O) groups excluding carboxylic acids is 1. The topological polar surface area (TPSA) is 55.1 Å². The van der Waals surface area contributed by atoms with Crippen LogP contribution in [0.1, 0.15) is 18.2 Å². The van der Waals surface area contributed by atoms with Crippen LogP contribution in [0.3, 0.4) is 0 Å². The maximum Gasteiger partial charge on any atom is 0.250 e. The number of thiazole rings is 1. The molecule has 0 aliphatic heterocycles. The number of carbonyl (C=O) groups is 1. The molecular formula is C18H16N2O2S. The lowest BCUT2D eigenvalue weighted by molar-refractivity contribution is -0.111. The molecule has 5 heteroatoms. The molecule has 4 nitrogen and oxygen atoms in total. The molecular weight excluding hydrogens is 308 g/mol. The summed E-state index contributed by atoms with van der Waals surface area (Å²) in [4.78, 5) is 16.3. The van der Waals surface area contributed by atoms with Gasteiger partial charge >= 0.3 is 0 Å². The van der Waals surface area contributed by atoms with Crippen LogP contribution in [0, 0.1) is 0 Å². The van der Waals surface area contributed by atoms with E-state index in [-0.39, 0.29) is 5.91 Å². The van der Waals surface area contributed by atoms with Gasteiger partial charge in [0.15, 0.2) is 5.13 Å². The van der Waals surface area contributed by atoms with Crippen LogP contribution < -0.4 is 5.32 Å². The minimum atomic E-state index is -0.233. The fourth-order valence-corrected chi connectivity index (χ4v) is 2.79. The number of aryl methyl sites for hydroxylation is 1. The number of nitrogens with one attached hydrogen (secondary N) is 1. The first-order chi connectivity index (χ1) is 11.2. The highest BCUT2D eigenvalue weighted by Crippen LogP contribution is 2.25. The van der Waals surface area contributed by atoms with Crippen LogP contribution in [0.5, 0.6) is 0 Å². The molecule has 116 valence electrons. The van der Waals surface area contributed by atoms with Gasteiger partial charge in [0.2, 0.25) is 5.91 Å². The van der Waals surface area contributed by atoms with Gasteiger partial charge in [0.05, 0.1) is 12.0 Å². The van der Waals surface area contributed by atoms with Crippen molar-refractivity contribution in [1.82, 2.24) is 4.98 Å². The molecule has 1 N–H and O–H groups in total. The Morgan fingerprint density at radius 2 is 2.13 bits per heavy atom. The summed E-state index contributed by atoms with van der Waals surface area (Å²) in [7, 11) is 0. The molecule has 0 bridgehead atoms. The van der Waals surface area contributed by atoms with Gasteiger partial charge in [0.1, 0.15) is 5.76 Å². The molecule has 1 amide bonds. The van der Waals surface area contributed by atoms with E-state index in [4.69, 9.17) is 4.42 Å². The van der Waals surface area contributed by atoms with Crippen LogP contribution in [-0.4, -0.2) is 10.9 Å². The average Bonchev–Trinajstić information content (AvgIpc) is 3.25. The lowest BCUT2D eigenvalue weighted by Gasteiger charge is -1.99. The lowest BCUT2D eigenvalue weighted by atomic mass is 10.1. The predicted molar refractivity (Wildman–Crippen MR) is 93.3 cm³/mol. The Hall–Kier alpha value is -2.66. The molecule has 3 rings (SSSR count). The molecule has 0 saturated heterocycles. The SMILES string of the molecule is CCc1ccc(-c2csc(NC(=O)C=Cc3ccco3)n2)cc1. The Labute approximate surface area is 138 Å². The Balaban J connectivity index is 1.65. The summed E-state index contributed by atoms with van der Waals surface area (Å²) in [5.41, 5.74) is 3.20. The van der Waals surface area contributed by atoms with Crippen molar-refractivity contribution in [2.45, 2.75) is 13.3 Å². The average molecular weight is 324 g/mol. The molecule has 0 spiro atoms. The van der Waals surface area contributed by atoms with Crippen LogP contribution in [0.15, 0.2) is 58.5 Å². The zero-order valence-electron chi connectivity index (χ0n) is 12.7. The Bertz CT molecular complexity index is 802. The third-order valence-corrected chi connectivity index (χ3v) is 4.09. The summed E-state index contributed by atoms with van der Waals surface area (Å²) in [5.74, 6) is 0.402. The van der Waals surface area contributed by atoms with Gasteiger partial charge in [0.25, 0.3) is 0 Å². The van der Waals surface area contributed by atoms with E-state index in [1.807, 2.05) is 5.38 Å². The van der Waals surface area contributed by atoms with E-state index in [1.165, 1.54) is 23.0 Å². The number of amides is 1. The van der Waals surface area contributed by atoms with E-state index in [0.29, 0.717) is 10.9 Å². The number of rotatable bonds is 5. The zero-order valence-corrected chi connectivity index (χ0v) is 13.5. The molecule has 0 saturated carbocycles. The molecule has 0 radical (unpaired) electrons. The van der Waals surface area contributed by atoms with Gasteiger partial charge in [-0.2, -0.15) is 0 Å². The largest absolute Gasteiger partial charge is 0.465 e. The van der Waals surface area contributed by atoms with Gasteiger partial charge in [-0.15, -0.1) is 11.3 Å². The van der Waals surface area contributed by atoms with E-state index in [1.54, 1.807) is 24.5 Å². The standard InChI is InChI=1S/C18H16N2O2S/c1-2-13-5-7-14(8-6-13)16-12-23-18(19-16)20-17(21)10-9-15-4-3-11-22-15/h3-12H,2H2,1H3,(H,19,20,21). The van der Waals surface area contributed by atoms with E-state index in [2.05, 4.69) is 41.5 Å². The summed E-state index contributed by atoms with van der Waals surface area (Å²) in [6.45, 7) is 2.13. The maximum atomic E-state index is 11.9. The zero-order chi connectivity index (χ0) is 16.1. The van der Waals surface area contributed by atoms with Crippen molar-refractivity contribution in [1.29, 1.82) is 0 Å². The van der Waals surface area contributed by atoms with Gasteiger partial charge in [-0.1, -0.05) is 31.2 Å².